The number of carbonyl (C=O) groups excluding carboxylic acids is 1. The molecule has 6 nitrogen and oxygen atoms in total. The van der Waals surface area contributed by atoms with Crippen molar-refractivity contribution in [2.75, 3.05) is 6.54 Å². The van der Waals surface area contributed by atoms with Gasteiger partial charge in [0.25, 0.3) is 5.91 Å². The number of carboxylic acid groups (broad SMARTS) is 1. The van der Waals surface area contributed by atoms with Crippen LogP contribution in [0.5, 0.6) is 5.88 Å². The van der Waals surface area contributed by atoms with Crippen LogP contribution in [0.2, 0.25) is 0 Å². The molecule has 120 valence electrons. The lowest BCUT2D eigenvalue weighted by Gasteiger charge is -2.13. The minimum absolute atomic E-state index is 0.0344. The second kappa shape index (κ2) is 7.77. The van der Waals surface area contributed by atoms with Crippen LogP contribution in [0, 0.1) is 5.92 Å². The van der Waals surface area contributed by atoms with Gasteiger partial charge in [0.15, 0.2) is 0 Å². The molecule has 0 radical (unpaired) electrons. The highest BCUT2D eigenvalue weighted by atomic mass is 16.5. The molecule has 0 aromatic carbocycles. The molecule has 1 aromatic heterocycles. The number of carboxylic acids is 1. The first-order valence-electron chi connectivity index (χ1n) is 7.67. The highest BCUT2D eigenvalue weighted by molar-refractivity contribution is 5.93. The summed E-state index contributed by atoms with van der Waals surface area (Å²) >= 11 is 0. The maximum absolute atomic E-state index is 12.0. The molecule has 2 N–H and O–H groups in total. The van der Waals surface area contributed by atoms with Crippen molar-refractivity contribution >= 4 is 11.9 Å². The Morgan fingerprint density at radius 2 is 2.14 bits per heavy atom. The molecule has 0 saturated heterocycles. The summed E-state index contributed by atoms with van der Waals surface area (Å²) in [5, 5.41) is 11.4. The fraction of sp³-hybridized carbons (Fsp3) is 0.562. The van der Waals surface area contributed by atoms with Gasteiger partial charge in [0.05, 0.1) is 5.56 Å². The Morgan fingerprint density at radius 3 is 2.73 bits per heavy atom. The number of rotatable bonds is 7. The number of ether oxygens (including phenoxy) is 1. The van der Waals surface area contributed by atoms with Crippen molar-refractivity contribution in [3.8, 4) is 5.88 Å². The average Bonchev–Trinajstić information content (AvgIpc) is 2.98. The van der Waals surface area contributed by atoms with E-state index in [1.165, 1.54) is 19.0 Å². The van der Waals surface area contributed by atoms with Crippen LogP contribution >= 0.6 is 0 Å². The molecule has 1 amide bonds. The van der Waals surface area contributed by atoms with Gasteiger partial charge < -0.3 is 15.2 Å². The van der Waals surface area contributed by atoms with Gasteiger partial charge >= 0.3 is 5.97 Å². The van der Waals surface area contributed by atoms with E-state index in [-0.39, 0.29) is 24.3 Å². The lowest BCUT2D eigenvalue weighted by molar-refractivity contribution is -0.137. The van der Waals surface area contributed by atoms with Gasteiger partial charge in [0.1, 0.15) is 6.10 Å². The number of pyridine rings is 1. The molecule has 0 bridgehead atoms. The molecule has 22 heavy (non-hydrogen) atoms. The maximum atomic E-state index is 12.0. The van der Waals surface area contributed by atoms with Crippen LogP contribution in [0.15, 0.2) is 18.3 Å². The quantitative estimate of drug-likeness (QED) is 0.806. The zero-order valence-corrected chi connectivity index (χ0v) is 12.7. The Kier molecular flexibility index (Phi) is 5.75. The fourth-order valence-electron chi connectivity index (χ4n) is 2.50. The third-order valence-corrected chi connectivity index (χ3v) is 3.72. The highest BCUT2D eigenvalue weighted by Gasteiger charge is 2.17. The van der Waals surface area contributed by atoms with Gasteiger partial charge in [-0.25, -0.2) is 4.98 Å². The summed E-state index contributed by atoms with van der Waals surface area (Å²) in [6.07, 6.45) is 6.27. The number of hydrogen-bond acceptors (Lipinski definition) is 4. The Morgan fingerprint density at radius 1 is 1.41 bits per heavy atom. The van der Waals surface area contributed by atoms with Gasteiger partial charge in [-0.3, -0.25) is 9.59 Å². The topological polar surface area (TPSA) is 88.5 Å². The molecule has 1 heterocycles. The van der Waals surface area contributed by atoms with Gasteiger partial charge in [-0.05, 0) is 37.7 Å². The van der Waals surface area contributed by atoms with Gasteiger partial charge in [-0.1, -0.05) is 6.92 Å². The van der Waals surface area contributed by atoms with Crippen LogP contribution in [0.4, 0.5) is 0 Å². The van der Waals surface area contributed by atoms with Crippen LogP contribution in [-0.4, -0.2) is 34.6 Å². The zero-order chi connectivity index (χ0) is 15.9. The first kappa shape index (κ1) is 16.3. The summed E-state index contributed by atoms with van der Waals surface area (Å²) < 4.78 is 5.74. The van der Waals surface area contributed by atoms with Crippen LogP contribution < -0.4 is 10.1 Å². The minimum atomic E-state index is -0.864. The normalized spacial score (nSPS) is 16.2. The average molecular weight is 306 g/mol. The summed E-state index contributed by atoms with van der Waals surface area (Å²) in [7, 11) is 0. The van der Waals surface area contributed by atoms with Crippen molar-refractivity contribution in [2.45, 2.75) is 45.1 Å². The molecule has 1 fully saturated rings. The van der Waals surface area contributed by atoms with Crippen molar-refractivity contribution in [1.82, 2.24) is 10.3 Å². The predicted molar refractivity (Wildman–Crippen MR) is 80.9 cm³/mol. The Hall–Kier alpha value is -2.11. The number of hydrogen-bond donors (Lipinski definition) is 2. The van der Waals surface area contributed by atoms with Gasteiger partial charge in [0, 0.05) is 25.2 Å². The Labute approximate surface area is 129 Å². The van der Waals surface area contributed by atoms with Gasteiger partial charge in [-0.15, -0.1) is 0 Å². The van der Waals surface area contributed by atoms with Crippen LogP contribution in [0.3, 0.4) is 0 Å². The molecule has 0 aliphatic heterocycles. The van der Waals surface area contributed by atoms with Crippen molar-refractivity contribution < 1.29 is 19.4 Å². The molecule has 1 atom stereocenters. The van der Waals surface area contributed by atoms with E-state index in [9.17, 15) is 9.59 Å². The van der Waals surface area contributed by atoms with E-state index in [0.717, 1.165) is 12.8 Å². The fourth-order valence-corrected chi connectivity index (χ4v) is 2.50. The first-order chi connectivity index (χ1) is 10.5. The zero-order valence-electron chi connectivity index (χ0n) is 12.7. The molecule has 0 spiro atoms. The van der Waals surface area contributed by atoms with Gasteiger partial charge in [-0.2, -0.15) is 0 Å². The van der Waals surface area contributed by atoms with Crippen molar-refractivity contribution in [2.24, 2.45) is 5.92 Å². The van der Waals surface area contributed by atoms with E-state index in [0.29, 0.717) is 18.0 Å². The van der Waals surface area contributed by atoms with E-state index in [4.69, 9.17) is 9.84 Å². The van der Waals surface area contributed by atoms with Crippen molar-refractivity contribution in [3.05, 3.63) is 23.9 Å². The van der Waals surface area contributed by atoms with Gasteiger partial charge in [0.2, 0.25) is 5.88 Å². The molecule has 1 aliphatic rings. The number of carbonyl (C=O) groups is 2. The van der Waals surface area contributed by atoms with E-state index in [1.807, 2.05) is 0 Å². The van der Waals surface area contributed by atoms with Crippen LogP contribution in [0.25, 0.3) is 0 Å². The molecule has 1 saturated carbocycles. The predicted octanol–water partition coefficient (Wildman–Crippen LogP) is 2.24. The standard InChI is InChI=1S/C16H22N2O4/c1-11(8-15(19)20)9-18-16(21)12-6-7-14(17-10-12)22-13-4-2-3-5-13/h6-7,10-11,13H,2-5,8-9H2,1H3,(H,18,21)(H,19,20). The minimum Gasteiger partial charge on any atom is -0.481 e. The Balaban J connectivity index is 1.81. The SMILES string of the molecule is CC(CNC(=O)c1ccc(OC2CCCC2)nc1)CC(=O)O. The summed E-state index contributed by atoms with van der Waals surface area (Å²) in [6, 6.07) is 3.38. The first-order valence-corrected chi connectivity index (χ1v) is 7.67. The summed E-state index contributed by atoms with van der Waals surface area (Å²) in [4.78, 5) is 26.7. The van der Waals surface area contributed by atoms with E-state index < -0.39 is 5.97 Å². The smallest absolute Gasteiger partial charge is 0.303 e. The molecule has 2 rings (SSSR count). The third kappa shape index (κ3) is 5.02. The maximum Gasteiger partial charge on any atom is 0.303 e. The molecular weight excluding hydrogens is 284 g/mol. The number of nitrogens with zero attached hydrogens (tertiary/aromatic N) is 1. The van der Waals surface area contributed by atoms with Crippen LogP contribution in [-0.2, 0) is 4.79 Å². The van der Waals surface area contributed by atoms with Crippen molar-refractivity contribution in [3.63, 3.8) is 0 Å². The van der Waals surface area contributed by atoms with E-state index in [2.05, 4.69) is 10.3 Å². The number of amides is 1. The Bertz CT molecular complexity index is 509. The molecule has 6 heteroatoms. The number of aliphatic carboxylic acids is 1. The monoisotopic (exact) mass is 306 g/mol. The summed E-state index contributed by atoms with van der Waals surface area (Å²) in [6.45, 7) is 2.11. The largest absolute Gasteiger partial charge is 0.481 e. The molecule has 1 unspecified atom stereocenters. The second-order valence-corrected chi connectivity index (χ2v) is 5.82. The van der Waals surface area contributed by atoms with E-state index in [1.54, 1.807) is 19.1 Å². The summed E-state index contributed by atoms with van der Waals surface area (Å²) in [5.74, 6) is -0.684. The third-order valence-electron chi connectivity index (χ3n) is 3.72. The summed E-state index contributed by atoms with van der Waals surface area (Å²) in [5.41, 5.74) is 0.446. The molecule has 1 aliphatic carbocycles. The lowest BCUT2D eigenvalue weighted by Crippen LogP contribution is -2.29. The lowest BCUT2D eigenvalue weighted by atomic mass is 10.1. The highest BCUT2D eigenvalue weighted by Crippen LogP contribution is 2.22. The van der Waals surface area contributed by atoms with Crippen molar-refractivity contribution in [1.29, 1.82) is 0 Å². The molecular formula is C16H22N2O4. The van der Waals surface area contributed by atoms with E-state index >= 15 is 0 Å². The number of aromatic nitrogens is 1. The van der Waals surface area contributed by atoms with Crippen LogP contribution in [0.1, 0.15) is 49.4 Å². The second-order valence-electron chi connectivity index (χ2n) is 5.82. The number of nitrogens with one attached hydrogen (secondary N) is 1. The molecule has 1 aromatic rings.